The first-order valence-corrected chi connectivity index (χ1v) is 7.02. The lowest BCUT2D eigenvalue weighted by Crippen LogP contribution is -2.16. The summed E-state index contributed by atoms with van der Waals surface area (Å²) in [5.74, 6) is 0.991. The van der Waals surface area contributed by atoms with Gasteiger partial charge in [-0.1, -0.05) is 37.3 Å². The van der Waals surface area contributed by atoms with Crippen LogP contribution in [0.15, 0.2) is 30.3 Å². The summed E-state index contributed by atoms with van der Waals surface area (Å²) in [5.41, 5.74) is 1.18. The van der Waals surface area contributed by atoms with E-state index < -0.39 is 0 Å². The van der Waals surface area contributed by atoms with E-state index in [1.54, 1.807) is 0 Å². The SMILES string of the molecule is CCCOc1ccccc1/C=C/CCNC1CC1. The van der Waals surface area contributed by atoms with Gasteiger partial charge in [0.1, 0.15) is 5.75 Å². The lowest BCUT2D eigenvalue weighted by atomic mass is 10.1. The van der Waals surface area contributed by atoms with Crippen LogP contribution >= 0.6 is 0 Å². The van der Waals surface area contributed by atoms with Gasteiger partial charge in [0.15, 0.2) is 0 Å². The molecule has 2 rings (SSSR count). The van der Waals surface area contributed by atoms with Crippen molar-refractivity contribution >= 4 is 6.08 Å². The van der Waals surface area contributed by atoms with Gasteiger partial charge in [-0.25, -0.2) is 0 Å². The molecule has 0 radical (unpaired) electrons. The monoisotopic (exact) mass is 245 g/mol. The van der Waals surface area contributed by atoms with E-state index in [-0.39, 0.29) is 0 Å². The van der Waals surface area contributed by atoms with Crippen molar-refractivity contribution < 1.29 is 4.74 Å². The van der Waals surface area contributed by atoms with Crippen LogP contribution < -0.4 is 10.1 Å². The molecule has 0 spiro atoms. The summed E-state index contributed by atoms with van der Waals surface area (Å²) >= 11 is 0. The summed E-state index contributed by atoms with van der Waals surface area (Å²) < 4.78 is 5.72. The van der Waals surface area contributed by atoms with Gasteiger partial charge in [0, 0.05) is 11.6 Å². The molecule has 0 unspecified atom stereocenters. The minimum atomic E-state index is 0.786. The van der Waals surface area contributed by atoms with Crippen LogP contribution in [0.1, 0.15) is 38.2 Å². The first kappa shape index (κ1) is 13.2. The zero-order chi connectivity index (χ0) is 12.6. The maximum absolute atomic E-state index is 5.72. The highest BCUT2D eigenvalue weighted by molar-refractivity contribution is 5.57. The molecule has 1 aliphatic carbocycles. The van der Waals surface area contributed by atoms with Crippen LogP contribution in [0.2, 0.25) is 0 Å². The fourth-order valence-electron chi connectivity index (χ4n) is 1.83. The molecule has 0 aliphatic heterocycles. The van der Waals surface area contributed by atoms with Crippen LogP contribution in [0.5, 0.6) is 5.75 Å². The fraction of sp³-hybridized carbons (Fsp3) is 0.500. The van der Waals surface area contributed by atoms with Crippen molar-refractivity contribution in [1.82, 2.24) is 5.32 Å². The second-order valence-corrected chi connectivity index (χ2v) is 4.81. The van der Waals surface area contributed by atoms with Gasteiger partial charge in [-0.3, -0.25) is 0 Å². The van der Waals surface area contributed by atoms with Crippen molar-refractivity contribution in [2.45, 2.75) is 38.6 Å². The molecular weight excluding hydrogens is 222 g/mol. The molecule has 2 heteroatoms. The Balaban J connectivity index is 1.80. The van der Waals surface area contributed by atoms with Gasteiger partial charge in [0.2, 0.25) is 0 Å². The number of benzene rings is 1. The Kier molecular flexibility index (Phi) is 5.28. The molecule has 18 heavy (non-hydrogen) atoms. The number of nitrogens with one attached hydrogen (secondary N) is 1. The maximum Gasteiger partial charge on any atom is 0.126 e. The van der Waals surface area contributed by atoms with E-state index in [0.717, 1.165) is 37.8 Å². The van der Waals surface area contributed by atoms with Gasteiger partial charge >= 0.3 is 0 Å². The van der Waals surface area contributed by atoms with Crippen molar-refractivity contribution in [2.24, 2.45) is 0 Å². The Labute approximate surface area is 110 Å². The highest BCUT2D eigenvalue weighted by Gasteiger charge is 2.19. The van der Waals surface area contributed by atoms with Crippen LogP contribution in [0, 0.1) is 0 Å². The van der Waals surface area contributed by atoms with Crippen molar-refractivity contribution in [1.29, 1.82) is 0 Å². The molecule has 1 aromatic rings. The topological polar surface area (TPSA) is 21.3 Å². The first-order valence-electron chi connectivity index (χ1n) is 7.02. The summed E-state index contributed by atoms with van der Waals surface area (Å²) in [4.78, 5) is 0. The van der Waals surface area contributed by atoms with Gasteiger partial charge in [0.25, 0.3) is 0 Å². The third kappa shape index (κ3) is 4.53. The van der Waals surface area contributed by atoms with Crippen molar-refractivity contribution in [2.75, 3.05) is 13.2 Å². The van der Waals surface area contributed by atoms with E-state index >= 15 is 0 Å². The van der Waals surface area contributed by atoms with E-state index in [1.807, 2.05) is 12.1 Å². The molecule has 1 aliphatic rings. The van der Waals surface area contributed by atoms with Crippen molar-refractivity contribution in [3.05, 3.63) is 35.9 Å². The largest absolute Gasteiger partial charge is 0.493 e. The Morgan fingerprint density at radius 1 is 1.33 bits per heavy atom. The van der Waals surface area contributed by atoms with E-state index in [9.17, 15) is 0 Å². The fourth-order valence-corrected chi connectivity index (χ4v) is 1.83. The Hall–Kier alpha value is -1.28. The van der Waals surface area contributed by atoms with E-state index in [0.29, 0.717) is 0 Å². The third-order valence-electron chi connectivity index (χ3n) is 3.00. The number of hydrogen-bond acceptors (Lipinski definition) is 2. The second-order valence-electron chi connectivity index (χ2n) is 4.81. The summed E-state index contributed by atoms with van der Waals surface area (Å²) in [6.45, 7) is 4.00. The number of hydrogen-bond donors (Lipinski definition) is 1. The lowest BCUT2D eigenvalue weighted by molar-refractivity contribution is 0.317. The van der Waals surface area contributed by atoms with E-state index in [4.69, 9.17) is 4.74 Å². The highest BCUT2D eigenvalue weighted by Crippen LogP contribution is 2.20. The molecule has 0 saturated heterocycles. The quantitative estimate of drug-likeness (QED) is 0.706. The first-order chi connectivity index (χ1) is 8.90. The Bertz CT molecular complexity index is 382. The smallest absolute Gasteiger partial charge is 0.126 e. The number of ether oxygens (including phenoxy) is 1. The van der Waals surface area contributed by atoms with Crippen LogP contribution in [0.3, 0.4) is 0 Å². The summed E-state index contributed by atoms with van der Waals surface area (Å²) in [6, 6.07) is 9.03. The Morgan fingerprint density at radius 3 is 2.94 bits per heavy atom. The van der Waals surface area contributed by atoms with Gasteiger partial charge in [-0.15, -0.1) is 0 Å². The van der Waals surface area contributed by atoms with Crippen LogP contribution in [-0.4, -0.2) is 19.2 Å². The van der Waals surface area contributed by atoms with Crippen LogP contribution in [0.4, 0.5) is 0 Å². The number of para-hydroxylation sites is 1. The minimum Gasteiger partial charge on any atom is -0.493 e. The molecule has 1 N–H and O–H groups in total. The molecule has 0 aromatic heterocycles. The number of rotatable bonds is 8. The molecule has 1 aromatic carbocycles. The second kappa shape index (κ2) is 7.22. The summed E-state index contributed by atoms with van der Waals surface area (Å²) in [7, 11) is 0. The lowest BCUT2D eigenvalue weighted by Gasteiger charge is -2.07. The predicted molar refractivity (Wildman–Crippen MR) is 76.9 cm³/mol. The maximum atomic E-state index is 5.72. The van der Waals surface area contributed by atoms with Gasteiger partial charge in [-0.2, -0.15) is 0 Å². The summed E-state index contributed by atoms with van der Waals surface area (Å²) in [5, 5.41) is 3.51. The molecule has 0 atom stereocenters. The average molecular weight is 245 g/mol. The zero-order valence-corrected chi connectivity index (χ0v) is 11.2. The molecule has 0 bridgehead atoms. The predicted octanol–water partition coefficient (Wildman–Crippen LogP) is 3.63. The van der Waals surface area contributed by atoms with Crippen LogP contribution in [-0.2, 0) is 0 Å². The van der Waals surface area contributed by atoms with Gasteiger partial charge in [0.05, 0.1) is 6.61 Å². The third-order valence-corrected chi connectivity index (χ3v) is 3.00. The molecular formula is C16H23NO. The molecule has 0 amide bonds. The molecule has 0 heterocycles. The molecule has 98 valence electrons. The van der Waals surface area contributed by atoms with Crippen molar-refractivity contribution in [3.8, 4) is 5.75 Å². The molecule has 1 fully saturated rings. The molecule has 1 saturated carbocycles. The minimum absolute atomic E-state index is 0.786. The van der Waals surface area contributed by atoms with Crippen LogP contribution in [0.25, 0.3) is 6.08 Å². The standard InChI is InChI=1S/C16H23NO/c1-2-13-18-16-9-4-3-7-14(16)8-5-6-12-17-15-10-11-15/h3-5,7-9,15,17H,2,6,10-13H2,1H3/b8-5+. The normalized spacial score (nSPS) is 15.2. The summed E-state index contributed by atoms with van der Waals surface area (Å²) in [6.07, 6.45) is 9.24. The molecule has 2 nitrogen and oxygen atoms in total. The van der Waals surface area contributed by atoms with E-state index in [1.165, 1.54) is 18.4 Å². The van der Waals surface area contributed by atoms with E-state index in [2.05, 4.69) is 36.5 Å². The van der Waals surface area contributed by atoms with Crippen molar-refractivity contribution in [3.63, 3.8) is 0 Å². The average Bonchev–Trinajstić information content (AvgIpc) is 3.21. The highest BCUT2D eigenvalue weighted by atomic mass is 16.5. The van der Waals surface area contributed by atoms with Gasteiger partial charge < -0.3 is 10.1 Å². The van der Waals surface area contributed by atoms with Gasteiger partial charge in [-0.05, 0) is 38.3 Å². The Morgan fingerprint density at radius 2 is 2.17 bits per heavy atom. The zero-order valence-electron chi connectivity index (χ0n) is 11.2.